The Morgan fingerprint density at radius 1 is 1.29 bits per heavy atom. The molecule has 1 aromatic carbocycles. The van der Waals surface area contributed by atoms with E-state index in [2.05, 4.69) is 9.98 Å². The number of anilines is 1. The summed E-state index contributed by atoms with van der Waals surface area (Å²) in [6, 6.07) is 2.22. The molecule has 8 nitrogen and oxygen atoms in total. The molecular formula is C15H19FN6O2. The number of hydrogen-bond donors (Lipinski definition) is 2. The van der Waals surface area contributed by atoms with E-state index in [-0.39, 0.29) is 23.3 Å². The van der Waals surface area contributed by atoms with Crippen LogP contribution in [0, 0.1) is 22.9 Å². The molecule has 128 valence electrons. The van der Waals surface area contributed by atoms with Crippen molar-refractivity contribution in [2.24, 2.45) is 21.5 Å². The first-order valence-electron chi connectivity index (χ1n) is 7.78. The van der Waals surface area contributed by atoms with Crippen molar-refractivity contribution in [3.63, 3.8) is 0 Å². The van der Waals surface area contributed by atoms with Gasteiger partial charge in [-0.05, 0) is 38.2 Å². The molecule has 0 unspecified atom stereocenters. The molecule has 1 aliphatic carbocycles. The van der Waals surface area contributed by atoms with Crippen LogP contribution < -0.4 is 16.4 Å². The summed E-state index contributed by atoms with van der Waals surface area (Å²) in [7, 11) is 0. The fourth-order valence-corrected chi connectivity index (χ4v) is 3.55. The third-order valence-corrected chi connectivity index (χ3v) is 4.52. The molecular weight excluding hydrogens is 315 g/mol. The van der Waals surface area contributed by atoms with Crippen molar-refractivity contribution >= 4 is 23.3 Å². The lowest BCUT2D eigenvalue weighted by atomic mass is 9.87. The lowest BCUT2D eigenvalue weighted by molar-refractivity contribution is -0.385. The van der Waals surface area contributed by atoms with Gasteiger partial charge in [-0.2, -0.15) is 4.99 Å². The van der Waals surface area contributed by atoms with Crippen molar-refractivity contribution in [2.45, 2.75) is 44.7 Å². The summed E-state index contributed by atoms with van der Waals surface area (Å²) in [5.74, 6) is -0.591. The Morgan fingerprint density at radius 2 is 1.96 bits per heavy atom. The van der Waals surface area contributed by atoms with Gasteiger partial charge in [-0.15, -0.1) is 0 Å². The molecule has 3 rings (SSSR count). The fourth-order valence-electron chi connectivity index (χ4n) is 3.55. The van der Waals surface area contributed by atoms with Crippen LogP contribution >= 0.6 is 0 Å². The Labute approximate surface area is 138 Å². The van der Waals surface area contributed by atoms with Gasteiger partial charge in [0, 0.05) is 6.07 Å². The average Bonchev–Trinajstić information content (AvgIpc) is 2.49. The Hall–Kier alpha value is -2.71. The van der Waals surface area contributed by atoms with Gasteiger partial charge in [0.05, 0.1) is 16.7 Å². The first kappa shape index (κ1) is 16.2. The van der Waals surface area contributed by atoms with E-state index in [4.69, 9.17) is 11.5 Å². The number of nitrogens with zero attached hydrogens (tertiary/aromatic N) is 4. The van der Waals surface area contributed by atoms with Crippen LogP contribution in [0.25, 0.3) is 0 Å². The van der Waals surface area contributed by atoms with Crippen LogP contribution in [0.1, 0.15) is 37.7 Å². The Kier molecular flexibility index (Phi) is 3.86. The van der Waals surface area contributed by atoms with Crippen molar-refractivity contribution in [3.8, 4) is 0 Å². The van der Waals surface area contributed by atoms with Crippen molar-refractivity contribution in [2.75, 3.05) is 4.90 Å². The van der Waals surface area contributed by atoms with Gasteiger partial charge in [-0.1, -0.05) is 6.42 Å². The standard InChI is InChI=1S/C15H19FN6O2/c1-9-7-10(22(23)24)8-11(16)12(9)21-14(18)19-13(17)20-15(21)5-3-2-4-6-15/h7-8H,2-6H2,1H3,(H4,17,18,19,20). The summed E-state index contributed by atoms with van der Waals surface area (Å²) in [6.07, 6.45) is 4.21. The van der Waals surface area contributed by atoms with E-state index in [9.17, 15) is 14.5 Å². The van der Waals surface area contributed by atoms with Gasteiger partial charge < -0.3 is 11.5 Å². The van der Waals surface area contributed by atoms with E-state index in [0.29, 0.717) is 18.4 Å². The molecule has 1 aliphatic heterocycles. The molecule has 2 aliphatic rings. The van der Waals surface area contributed by atoms with Crippen LogP contribution in [-0.4, -0.2) is 22.5 Å². The molecule has 0 aromatic heterocycles. The van der Waals surface area contributed by atoms with Gasteiger partial charge in [0.15, 0.2) is 5.82 Å². The number of halogens is 1. The number of benzene rings is 1. The average molecular weight is 334 g/mol. The highest BCUT2D eigenvalue weighted by molar-refractivity contribution is 6.06. The SMILES string of the molecule is Cc1cc([N+](=O)[O-])cc(F)c1N1C(N)=NC(N)=NC12CCCCC2. The Bertz CT molecular complexity index is 731. The second-order valence-electron chi connectivity index (χ2n) is 6.17. The second-order valence-corrected chi connectivity index (χ2v) is 6.17. The zero-order chi connectivity index (χ0) is 17.5. The van der Waals surface area contributed by atoms with E-state index in [0.717, 1.165) is 25.3 Å². The van der Waals surface area contributed by atoms with Gasteiger partial charge in [0.25, 0.3) is 5.69 Å². The van der Waals surface area contributed by atoms with E-state index in [1.54, 1.807) is 11.8 Å². The predicted octanol–water partition coefficient (Wildman–Crippen LogP) is 2.15. The molecule has 0 bridgehead atoms. The largest absolute Gasteiger partial charge is 0.369 e. The van der Waals surface area contributed by atoms with Crippen molar-refractivity contribution in [1.29, 1.82) is 0 Å². The summed E-state index contributed by atoms with van der Waals surface area (Å²) in [5, 5.41) is 10.9. The number of rotatable bonds is 2. The number of guanidine groups is 2. The predicted molar refractivity (Wildman–Crippen MR) is 89.3 cm³/mol. The minimum absolute atomic E-state index is 0.0558. The fraction of sp³-hybridized carbons (Fsp3) is 0.467. The highest BCUT2D eigenvalue weighted by atomic mass is 19.1. The topological polar surface area (TPSA) is 123 Å². The molecule has 4 N–H and O–H groups in total. The maximum absolute atomic E-state index is 14.7. The third kappa shape index (κ3) is 2.55. The first-order valence-corrected chi connectivity index (χ1v) is 7.78. The van der Waals surface area contributed by atoms with Crippen LogP contribution in [-0.2, 0) is 0 Å². The summed E-state index contributed by atoms with van der Waals surface area (Å²) in [5.41, 5.74) is 11.3. The zero-order valence-corrected chi connectivity index (χ0v) is 13.3. The summed E-state index contributed by atoms with van der Waals surface area (Å²) < 4.78 is 14.7. The number of nitro groups is 1. The van der Waals surface area contributed by atoms with Gasteiger partial charge in [0.1, 0.15) is 5.66 Å². The minimum atomic E-state index is -0.782. The summed E-state index contributed by atoms with van der Waals surface area (Å²) in [6.45, 7) is 1.61. The minimum Gasteiger partial charge on any atom is -0.369 e. The molecule has 0 radical (unpaired) electrons. The van der Waals surface area contributed by atoms with E-state index >= 15 is 0 Å². The lowest BCUT2D eigenvalue weighted by Crippen LogP contribution is -2.58. The van der Waals surface area contributed by atoms with Gasteiger partial charge >= 0.3 is 0 Å². The molecule has 24 heavy (non-hydrogen) atoms. The first-order chi connectivity index (χ1) is 11.3. The lowest BCUT2D eigenvalue weighted by Gasteiger charge is -2.46. The normalized spacial score (nSPS) is 19.8. The molecule has 1 fully saturated rings. The monoisotopic (exact) mass is 334 g/mol. The number of nitro benzene ring substituents is 1. The molecule has 0 amide bonds. The molecule has 1 saturated carbocycles. The second kappa shape index (κ2) is 5.73. The maximum Gasteiger partial charge on any atom is 0.272 e. The van der Waals surface area contributed by atoms with Crippen molar-refractivity contribution < 1.29 is 9.31 Å². The number of aliphatic imine (C=N–C) groups is 2. The Morgan fingerprint density at radius 3 is 2.54 bits per heavy atom. The van der Waals surface area contributed by atoms with Crippen molar-refractivity contribution in [1.82, 2.24) is 0 Å². The number of hydrogen-bond acceptors (Lipinski definition) is 7. The van der Waals surface area contributed by atoms with Gasteiger partial charge in [-0.3, -0.25) is 15.0 Å². The highest BCUT2D eigenvalue weighted by Gasteiger charge is 2.44. The molecule has 0 atom stereocenters. The third-order valence-electron chi connectivity index (χ3n) is 4.52. The van der Waals surface area contributed by atoms with E-state index in [1.807, 2.05) is 0 Å². The highest BCUT2D eigenvalue weighted by Crippen LogP contribution is 2.42. The van der Waals surface area contributed by atoms with Crippen LogP contribution in [0.4, 0.5) is 15.8 Å². The summed E-state index contributed by atoms with van der Waals surface area (Å²) in [4.78, 5) is 20.3. The maximum atomic E-state index is 14.7. The zero-order valence-electron chi connectivity index (χ0n) is 13.3. The number of non-ortho nitro benzene ring substituents is 1. The van der Waals surface area contributed by atoms with Gasteiger partial charge in [-0.25, -0.2) is 9.38 Å². The van der Waals surface area contributed by atoms with E-state index in [1.165, 1.54) is 6.07 Å². The van der Waals surface area contributed by atoms with Crippen LogP contribution in [0.5, 0.6) is 0 Å². The number of aryl methyl sites for hydroxylation is 1. The smallest absolute Gasteiger partial charge is 0.272 e. The van der Waals surface area contributed by atoms with Crippen LogP contribution in [0.3, 0.4) is 0 Å². The molecule has 0 saturated heterocycles. The van der Waals surface area contributed by atoms with E-state index < -0.39 is 16.4 Å². The van der Waals surface area contributed by atoms with Crippen molar-refractivity contribution in [3.05, 3.63) is 33.6 Å². The summed E-state index contributed by atoms with van der Waals surface area (Å²) >= 11 is 0. The molecule has 9 heteroatoms. The van der Waals surface area contributed by atoms with Gasteiger partial charge in [0.2, 0.25) is 11.9 Å². The Balaban J connectivity index is 2.16. The molecule has 1 spiro atoms. The quantitative estimate of drug-likeness (QED) is 0.633. The van der Waals surface area contributed by atoms with Crippen LogP contribution in [0.15, 0.2) is 22.1 Å². The molecule has 1 aromatic rings. The van der Waals surface area contributed by atoms with Crippen LogP contribution in [0.2, 0.25) is 0 Å². The molecule has 1 heterocycles. The number of nitrogens with two attached hydrogens (primary N) is 2.